The molecule has 0 saturated carbocycles. The summed E-state index contributed by atoms with van der Waals surface area (Å²) in [6, 6.07) is 7.48. The van der Waals surface area contributed by atoms with Gasteiger partial charge < -0.3 is 10.1 Å². The van der Waals surface area contributed by atoms with Crippen molar-refractivity contribution in [3.8, 4) is 11.3 Å². The number of nitrogens with one attached hydrogen (secondary N) is 2. The van der Waals surface area contributed by atoms with Gasteiger partial charge in [-0.25, -0.2) is 0 Å². The fourth-order valence-electron chi connectivity index (χ4n) is 2.45. The zero-order valence-corrected chi connectivity index (χ0v) is 15.7. The van der Waals surface area contributed by atoms with Gasteiger partial charge >= 0.3 is 5.97 Å². The van der Waals surface area contributed by atoms with Crippen LogP contribution in [-0.4, -0.2) is 29.3 Å². The van der Waals surface area contributed by atoms with E-state index in [1.807, 2.05) is 24.3 Å². The van der Waals surface area contributed by atoms with Crippen molar-refractivity contribution >= 4 is 23.4 Å². The van der Waals surface area contributed by atoms with E-state index in [0.29, 0.717) is 17.4 Å². The monoisotopic (exact) mass is 363 g/mol. The van der Waals surface area contributed by atoms with Crippen LogP contribution in [0.25, 0.3) is 11.3 Å². The number of nitrogens with zero attached hydrogens (tertiary/aromatic N) is 1. The van der Waals surface area contributed by atoms with Gasteiger partial charge in [-0.05, 0) is 25.0 Å². The van der Waals surface area contributed by atoms with Crippen molar-refractivity contribution in [2.75, 3.05) is 18.5 Å². The molecule has 25 heavy (non-hydrogen) atoms. The third-order valence-corrected chi connectivity index (χ3v) is 4.16. The summed E-state index contributed by atoms with van der Waals surface area (Å²) < 4.78 is 5.32. The molecule has 2 rings (SSSR count). The van der Waals surface area contributed by atoms with Gasteiger partial charge in [0.2, 0.25) is 0 Å². The molecule has 0 radical (unpaired) electrons. The predicted octanol–water partition coefficient (Wildman–Crippen LogP) is 4.83. The molecule has 1 heterocycles. The number of rotatable bonds is 10. The first kappa shape index (κ1) is 19.3. The molecular weight excluding hydrogens is 338 g/mol. The SMILES string of the molecule is CCCCNc1n[nH]c(-c2ccc(Cl)cc2)c1CC(=O)OCCCC. The fourth-order valence-corrected chi connectivity index (χ4v) is 2.57. The van der Waals surface area contributed by atoms with Crippen LogP contribution < -0.4 is 5.32 Å². The minimum absolute atomic E-state index is 0.187. The zero-order chi connectivity index (χ0) is 18.1. The average Bonchev–Trinajstić information content (AvgIpc) is 2.99. The molecule has 6 heteroatoms. The smallest absolute Gasteiger partial charge is 0.310 e. The van der Waals surface area contributed by atoms with Crippen LogP contribution in [-0.2, 0) is 16.0 Å². The Hall–Kier alpha value is -2.01. The van der Waals surface area contributed by atoms with Crippen LogP contribution in [0, 0.1) is 0 Å². The van der Waals surface area contributed by atoms with Crippen LogP contribution >= 0.6 is 11.6 Å². The molecule has 0 amide bonds. The van der Waals surface area contributed by atoms with Crippen molar-refractivity contribution in [2.24, 2.45) is 0 Å². The van der Waals surface area contributed by atoms with Gasteiger partial charge in [-0.15, -0.1) is 0 Å². The molecule has 1 aromatic heterocycles. The van der Waals surface area contributed by atoms with Crippen LogP contribution in [0.4, 0.5) is 5.82 Å². The highest BCUT2D eigenvalue weighted by Crippen LogP contribution is 2.28. The Morgan fingerprint density at radius 3 is 2.60 bits per heavy atom. The molecule has 0 spiro atoms. The second-order valence-corrected chi connectivity index (χ2v) is 6.40. The van der Waals surface area contributed by atoms with Gasteiger partial charge in [-0.1, -0.05) is 50.4 Å². The predicted molar refractivity (Wildman–Crippen MR) is 102 cm³/mol. The van der Waals surface area contributed by atoms with Crippen LogP contribution in [0.2, 0.25) is 5.02 Å². The van der Waals surface area contributed by atoms with Crippen LogP contribution in [0.3, 0.4) is 0 Å². The number of esters is 1. The van der Waals surface area contributed by atoms with E-state index in [1.165, 1.54) is 0 Å². The number of H-pyrrole nitrogens is 1. The van der Waals surface area contributed by atoms with Gasteiger partial charge in [0.05, 0.1) is 18.7 Å². The lowest BCUT2D eigenvalue weighted by Crippen LogP contribution is -2.11. The Labute approximate surface area is 154 Å². The maximum absolute atomic E-state index is 12.2. The van der Waals surface area contributed by atoms with Gasteiger partial charge in [0.25, 0.3) is 0 Å². The molecule has 0 aliphatic rings. The van der Waals surface area contributed by atoms with Crippen LogP contribution in [0.15, 0.2) is 24.3 Å². The number of halogens is 1. The van der Waals surface area contributed by atoms with Crippen molar-refractivity contribution in [3.05, 3.63) is 34.9 Å². The molecule has 0 unspecified atom stereocenters. The molecule has 5 nitrogen and oxygen atoms in total. The largest absolute Gasteiger partial charge is 0.465 e. The minimum Gasteiger partial charge on any atom is -0.465 e. The number of carbonyl (C=O) groups is 1. The van der Waals surface area contributed by atoms with Gasteiger partial charge in [-0.3, -0.25) is 9.89 Å². The summed E-state index contributed by atoms with van der Waals surface area (Å²) in [5.74, 6) is 0.481. The van der Waals surface area contributed by atoms with Crippen LogP contribution in [0.5, 0.6) is 0 Å². The summed E-state index contributed by atoms with van der Waals surface area (Å²) in [6.07, 6.45) is 4.20. The molecular formula is C19H26ClN3O2. The Morgan fingerprint density at radius 2 is 1.92 bits per heavy atom. The van der Waals surface area contributed by atoms with Crippen molar-refractivity contribution in [3.63, 3.8) is 0 Å². The Morgan fingerprint density at radius 1 is 1.20 bits per heavy atom. The molecule has 0 aliphatic heterocycles. The quantitative estimate of drug-likeness (QED) is 0.468. The van der Waals surface area contributed by atoms with Crippen molar-refractivity contribution < 1.29 is 9.53 Å². The second-order valence-electron chi connectivity index (χ2n) is 5.96. The number of hydrogen-bond donors (Lipinski definition) is 2. The number of hydrogen-bond acceptors (Lipinski definition) is 4. The highest BCUT2D eigenvalue weighted by Gasteiger charge is 2.18. The molecule has 0 fully saturated rings. The van der Waals surface area contributed by atoms with E-state index in [9.17, 15) is 4.79 Å². The standard InChI is InChI=1S/C19H26ClN3O2/c1-3-5-11-21-19-16(13-17(24)25-12-6-4-2)18(22-23-19)14-7-9-15(20)10-8-14/h7-10H,3-6,11-13H2,1-2H3,(H2,21,22,23). The molecule has 1 aromatic carbocycles. The molecule has 136 valence electrons. The number of unbranched alkanes of at least 4 members (excludes halogenated alkanes) is 2. The summed E-state index contributed by atoms with van der Waals surface area (Å²) in [5, 5.41) is 11.4. The number of aromatic nitrogens is 2. The van der Waals surface area contributed by atoms with Gasteiger partial charge in [-0.2, -0.15) is 5.10 Å². The lowest BCUT2D eigenvalue weighted by molar-refractivity contribution is -0.142. The fraction of sp³-hybridized carbons (Fsp3) is 0.474. The maximum Gasteiger partial charge on any atom is 0.310 e. The molecule has 0 aliphatic carbocycles. The second kappa shape index (κ2) is 10.1. The van der Waals surface area contributed by atoms with E-state index in [2.05, 4.69) is 29.4 Å². The first-order valence-electron chi connectivity index (χ1n) is 8.88. The van der Waals surface area contributed by atoms with Crippen molar-refractivity contribution in [1.82, 2.24) is 10.2 Å². The summed E-state index contributed by atoms with van der Waals surface area (Å²) in [6.45, 7) is 5.48. The third-order valence-electron chi connectivity index (χ3n) is 3.90. The third kappa shape index (κ3) is 5.78. The normalized spacial score (nSPS) is 10.7. The summed E-state index contributed by atoms with van der Waals surface area (Å²) in [7, 11) is 0. The molecule has 0 bridgehead atoms. The summed E-state index contributed by atoms with van der Waals surface area (Å²) in [4.78, 5) is 12.2. The van der Waals surface area contributed by atoms with E-state index in [-0.39, 0.29) is 12.4 Å². The lowest BCUT2D eigenvalue weighted by Gasteiger charge is -2.08. The number of ether oxygens (including phenoxy) is 1. The van der Waals surface area contributed by atoms with Crippen molar-refractivity contribution in [1.29, 1.82) is 0 Å². The molecule has 0 atom stereocenters. The first-order chi connectivity index (χ1) is 12.2. The number of benzene rings is 1. The van der Waals surface area contributed by atoms with Gasteiger partial charge in [0.1, 0.15) is 0 Å². The summed E-state index contributed by atoms with van der Waals surface area (Å²) >= 11 is 5.97. The van der Waals surface area contributed by atoms with E-state index in [4.69, 9.17) is 16.3 Å². The molecule has 2 N–H and O–H groups in total. The van der Waals surface area contributed by atoms with Gasteiger partial charge in [0.15, 0.2) is 5.82 Å². The average molecular weight is 364 g/mol. The number of aromatic amines is 1. The topological polar surface area (TPSA) is 67.0 Å². The molecule has 2 aromatic rings. The first-order valence-corrected chi connectivity index (χ1v) is 9.26. The Bertz CT molecular complexity index is 668. The van der Waals surface area contributed by atoms with Crippen molar-refractivity contribution in [2.45, 2.75) is 46.0 Å². The van der Waals surface area contributed by atoms with E-state index < -0.39 is 0 Å². The Balaban J connectivity index is 2.20. The maximum atomic E-state index is 12.2. The van der Waals surface area contributed by atoms with E-state index in [0.717, 1.165) is 49.0 Å². The number of anilines is 1. The van der Waals surface area contributed by atoms with Gasteiger partial charge in [0, 0.05) is 22.7 Å². The van der Waals surface area contributed by atoms with E-state index >= 15 is 0 Å². The summed E-state index contributed by atoms with van der Waals surface area (Å²) in [5.41, 5.74) is 2.60. The zero-order valence-electron chi connectivity index (χ0n) is 14.9. The van der Waals surface area contributed by atoms with Crippen LogP contribution in [0.1, 0.15) is 45.1 Å². The highest BCUT2D eigenvalue weighted by molar-refractivity contribution is 6.30. The Kier molecular flexibility index (Phi) is 7.79. The lowest BCUT2D eigenvalue weighted by atomic mass is 10.1. The van der Waals surface area contributed by atoms with E-state index in [1.54, 1.807) is 0 Å². The highest BCUT2D eigenvalue weighted by atomic mass is 35.5. The minimum atomic E-state index is -0.233. The number of carbonyl (C=O) groups excluding carboxylic acids is 1. The molecule has 0 saturated heterocycles.